The molecule has 35 heavy (non-hydrogen) atoms. The van der Waals surface area contributed by atoms with Gasteiger partial charge >= 0.3 is 5.97 Å². The summed E-state index contributed by atoms with van der Waals surface area (Å²) in [5.74, 6) is -2.73. The Labute approximate surface area is 212 Å². The average Bonchev–Trinajstić information content (AvgIpc) is 3.16. The normalized spacial score (nSPS) is 19.9. The van der Waals surface area contributed by atoms with E-state index >= 15 is 0 Å². The summed E-state index contributed by atoms with van der Waals surface area (Å²) in [6, 6.07) is 2.00. The molecule has 0 aromatic carbocycles. The first-order valence-electron chi connectivity index (χ1n) is 10.3. The molecule has 7 N–H and O–H groups in total. The van der Waals surface area contributed by atoms with E-state index in [-0.39, 0.29) is 20.9 Å². The summed E-state index contributed by atoms with van der Waals surface area (Å²) in [4.78, 5) is 48.5. The molecule has 0 saturated carbocycles. The summed E-state index contributed by atoms with van der Waals surface area (Å²) in [5, 5.41) is 24.8. The van der Waals surface area contributed by atoms with Crippen molar-refractivity contribution in [2.75, 3.05) is 12.3 Å². The third-order valence-corrected chi connectivity index (χ3v) is 7.80. The summed E-state index contributed by atoms with van der Waals surface area (Å²) in [7, 11) is 0. The molecule has 2 aliphatic heterocycles. The van der Waals surface area contributed by atoms with Crippen LogP contribution in [0.1, 0.15) is 24.2 Å². The zero-order valence-electron chi connectivity index (χ0n) is 18.0. The highest BCUT2D eigenvalue weighted by molar-refractivity contribution is 8.03. The number of pyridine rings is 1. The molecule has 2 aromatic heterocycles. The van der Waals surface area contributed by atoms with Crippen molar-refractivity contribution in [3.63, 3.8) is 0 Å². The van der Waals surface area contributed by atoms with Crippen LogP contribution in [0.3, 0.4) is 0 Å². The summed E-state index contributed by atoms with van der Waals surface area (Å²) in [5.41, 5.74) is 11.2. The van der Waals surface area contributed by atoms with E-state index in [4.69, 9.17) is 23.1 Å². The number of rotatable bonds is 8. The monoisotopic (exact) mass is 537 g/mol. The van der Waals surface area contributed by atoms with Gasteiger partial charge in [-0.15, -0.1) is 0 Å². The number of β-lactam (4-membered cyclic amide) rings is 1. The van der Waals surface area contributed by atoms with Crippen molar-refractivity contribution < 1.29 is 24.7 Å². The molecule has 1 fully saturated rings. The molecule has 2 aliphatic rings. The summed E-state index contributed by atoms with van der Waals surface area (Å²) < 4.78 is 0.0480. The number of thioether (sulfide) groups is 1. The summed E-state index contributed by atoms with van der Waals surface area (Å²) >= 11 is 8.14. The Morgan fingerprint density at radius 1 is 1.43 bits per heavy atom. The van der Waals surface area contributed by atoms with Crippen LogP contribution in [0, 0.1) is 0 Å². The van der Waals surface area contributed by atoms with Crippen molar-refractivity contribution in [3.05, 3.63) is 44.7 Å². The van der Waals surface area contributed by atoms with Gasteiger partial charge in [0.05, 0.1) is 11.7 Å². The lowest BCUT2D eigenvalue weighted by atomic mass is 9.86. The first kappa shape index (κ1) is 24.9. The molecule has 0 aliphatic carbocycles. The molecule has 0 unspecified atom stereocenters. The van der Waals surface area contributed by atoms with Crippen molar-refractivity contribution >= 4 is 63.3 Å². The van der Waals surface area contributed by atoms with E-state index in [1.165, 1.54) is 16.7 Å². The predicted molar refractivity (Wildman–Crippen MR) is 129 cm³/mol. The molecule has 15 heteroatoms. The van der Waals surface area contributed by atoms with Crippen LogP contribution < -0.4 is 16.8 Å². The van der Waals surface area contributed by atoms with Crippen LogP contribution >= 0.6 is 34.7 Å². The average molecular weight is 538 g/mol. The number of halogens is 1. The Morgan fingerprint density at radius 2 is 2.20 bits per heavy atom. The highest BCUT2D eigenvalue weighted by Crippen LogP contribution is 2.43. The van der Waals surface area contributed by atoms with Crippen LogP contribution in [0.2, 0.25) is 4.34 Å². The van der Waals surface area contributed by atoms with Gasteiger partial charge in [0.25, 0.3) is 11.8 Å². The Bertz CT molecular complexity index is 1260. The number of anilines is 1. The number of hydrogen-bond donors (Lipinski definition) is 5. The molecule has 1 saturated heterocycles. The third-order valence-electron chi connectivity index (χ3n) is 5.49. The molecule has 0 bridgehead atoms. The number of carbonyl (C=O) groups is 3. The van der Waals surface area contributed by atoms with Gasteiger partial charge in [0.1, 0.15) is 21.8 Å². The van der Waals surface area contributed by atoms with Gasteiger partial charge in [-0.05, 0) is 31.5 Å². The minimum absolute atomic E-state index is 0.0480. The molecule has 2 aromatic rings. The molecule has 4 heterocycles. The zero-order valence-corrected chi connectivity index (χ0v) is 20.4. The lowest BCUT2D eigenvalue weighted by molar-refractivity contribution is -0.155. The number of thiazole rings is 1. The van der Waals surface area contributed by atoms with E-state index in [1.807, 2.05) is 6.07 Å². The van der Waals surface area contributed by atoms with E-state index in [0.29, 0.717) is 30.7 Å². The molecule has 0 radical (unpaired) electrons. The molecule has 12 nitrogen and oxygen atoms in total. The second kappa shape index (κ2) is 10.2. The smallest absolute Gasteiger partial charge is 0.353 e. The maximum absolute atomic E-state index is 12.9. The van der Waals surface area contributed by atoms with Crippen LogP contribution in [-0.2, 0) is 20.8 Å². The van der Waals surface area contributed by atoms with Crippen LogP contribution in [0.15, 0.2) is 39.0 Å². The molecule has 2 amide bonds. The van der Waals surface area contributed by atoms with Crippen molar-refractivity contribution in [1.82, 2.24) is 20.2 Å². The van der Waals surface area contributed by atoms with Crippen molar-refractivity contribution in [2.45, 2.75) is 36.2 Å². The summed E-state index contributed by atoms with van der Waals surface area (Å²) in [6.45, 7) is 0.390. The first-order valence-corrected chi connectivity index (χ1v) is 12.3. The van der Waals surface area contributed by atoms with Crippen LogP contribution in [0.4, 0.5) is 5.13 Å². The number of amides is 2. The first-order chi connectivity index (χ1) is 16.8. The Kier molecular flexibility index (Phi) is 7.25. The highest BCUT2D eigenvalue weighted by Gasteiger charge is 2.54. The number of carboxylic acids is 1. The van der Waals surface area contributed by atoms with Gasteiger partial charge in [-0.25, -0.2) is 9.78 Å². The lowest BCUT2D eigenvalue weighted by Gasteiger charge is -2.50. The van der Waals surface area contributed by atoms with E-state index in [1.54, 1.807) is 12.3 Å². The fraction of sp³-hybridized carbons (Fsp3) is 0.300. The number of nitrogens with two attached hydrogens (primary N) is 2. The van der Waals surface area contributed by atoms with E-state index in [0.717, 1.165) is 21.9 Å². The minimum Gasteiger partial charge on any atom is -0.477 e. The number of carboxylic acid groups (broad SMARTS) is 1. The fourth-order valence-corrected chi connectivity index (χ4v) is 6.09. The lowest BCUT2D eigenvalue weighted by Crippen LogP contribution is -2.72. The number of fused-ring (bicyclic) bond motifs is 1. The van der Waals surface area contributed by atoms with Crippen molar-refractivity contribution in [3.8, 4) is 0 Å². The number of oxime groups is 1. The van der Waals surface area contributed by atoms with Crippen molar-refractivity contribution in [1.29, 1.82) is 0 Å². The van der Waals surface area contributed by atoms with Gasteiger partial charge in [-0.1, -0.05) is 39.9 Å². The zero-order chi connectivity index (χ0) is 25.3. The molecular weight excluding hydrogens is 518 g/mol. The Morgan fingerprint density at radius 3 is 2.83 bits per heavy atom. The number of nitrogens with zero attached hydrogens (tertiary/aromatic N) is 4. The van der Waals surface area contributed by atoms with E-state index < -0.39 is 35.6 Å². The number of carbonyl (C=O) groups excluding carboxylic acids is 2. The van der Waals surface area contributed by atoms with Gasteiger partial charge in [0.2, 0.25) is 0 Å². The second-order valence-corrected chi connectivity index (χ2v) is 10.3. The molecule has 0 spiro atoms. The van der Waals surface area contributed by atoms with Crippen LogP contribution in [0.5, 0.6) is 0 Å². The van der Waals surface area contributed by atoms with Crippen LogP contribution in [0.25, 0.3) is 0 Å². The second-order valence-electron chi connectivity index (χ2n) is 7.55. The number of allylic oxidation sites excluding steroid dienone is 1. The van der Waals surface area contributed by atoms with Gasteiger partial charge in [-0.2, -0.15) is 0 Å². The van der Waals surface area contributed by atoms with E-state index in [9.17, 15) is 24.7 Å². The highest BCUT2D eigenvalue weighted by atomic mass is 35.5. The molecule has 4 rings (SSSR count). The quantitative estimate of drug-likeness (QED) is 0.140. The van der Waals surface area contributed by atoms with Crippen molar-refractivity contribution in [2.24, 2.45) is 10.9 Å². The van der Waals surface area contributed by atoms with Gasteiger partial charge in [0, 0.05) is 22.4 Å². The largest absolute Gasteiger partial charge is 0.477 e. The number of aliphatic carboxylic acids is 1. The van der Waals surface area contributed by atoms with Gasteiger partial charge < -0.3 is 27.1 Å². The molecule has 2 atom stereocenters. The molecule has 184 valence electrons. The van der Waals surface area contributed by atoms with Crippen LogP contribution in [-0.4, -0.2) is 67.3 Å². The predicted octanol–water partition coefficient (Wildman–Crippen LogP) is 1.03. The maximum atomic E-state index is 12.9. The number of aromatic nitrogens is 2. The number of hydrogen-bond acceptors (Lipinski definition) is 11. The minimum atomic E-state index is -1.25. The topological polar surface area (TPSA) is 197 Å². The summed E-state index contributed by atoms with van der Waals surface area (Å²) in [6.07, 6.45) is 2.96. The van der Waals surface area contributed by atoms with Gasteiger partial charge in [0.15, 0.2) is 10.8 Å². The maximum Gasteiger partial charge on any atom is 0.353 e. The number of nitrogen functional groups attached to an aromatic ring is 1. The third kappa shape index (κ3) is 4.69. The standard InChI is InChI=1S/C20H20ClN7O5S2/c21-16-13(26-20(23)35-16)14(27-33)17(29)25-12-9-3-4-11(15(19(31)32)28(9)18(12)30)34-10-2-1-7-24-8(10)5-6-22/h1-2,7,9,12,33H,3-6,22H2,(H2,23,26)(H,25,29)(H,31,32)/b27-14-/t9-,12+/m1/s1. The Hall–Kier alpha value is -3.20. The SMILES string of the molecule is NCCc1ncccc1SC1=C(C(=O)O)N2C(=O)[C@@H](NC(=O)/C(=N\O)c3nc(N)sc3Cl)[C@H]2CC1. The molecular formula is C20H20ClN7O5S2. The van der Waals surface area contributed by atoms with E-state index in [2.05, 4.69) is 20.4 Å². The van der Waals surface area contributed by atoms with Gasteiger partial charge in [-0.3, -0.25) is 19.5 Å². The number of nitrogens with one attached hydrogen (secondary N) is 1. The Balaban J connectivity index is 1.55. The fourth-order valence-electron chi connectivity index (χ4n) is 3.97.